The van der Waals surface area contributed by atoms with Crippen LogP contribution in [0.5, 0.6) is 0 Å². The van der Waals surface area contributed by atoms with Crippen LogP contribution in [0.25, 0.3) is 0 Å². The van der Waals surface area contributed by atoms with Crippen molar-refractivity contribution < 1.29 is 19.4 Å². The molecule has 30 heavy (non-hydrogen) atoms. The van der Waals surface area contributed by atoms with E-state index in [1.165, 1.54) is 6.42 Å². The van der Waals surface area contributed by atoms with E-state index in [-0.39, 0.29) is 31.2 Å². The van der Waals surface area contributed by atoms with Gasteiger partial charge in [-0.3, -0.25) is 20.0 Å². The summed E-state index contributed by atoms with van der Waals surface area (Å²) < 4.78 is 11.5. The Morgan fingerprint density at radius 2 is 1.87 bits per heavy atom. The second kappa shape index (κ2) is 10.1. The van der Waals surface area contributed by atoms with Crippen molar-refractivity contribution in [3.05, 3.63) is 0 Å². The van der Waals surface area contributed by atoms with Gasteiger partial charge in [0.15, 0.2) is 0 Å². The summed E-state index contributed by atoms with van der Waals surface area (Å²) in [7, 11) is 0. The minimum absolute atomic E-state index is 0.0299. The van der Waals surface area contributed by atoms with Crippen molar-refractivity contribution in [3.63, 3.8) is 0 Å². The Hall–Kier alpha value is -0.360. The normalized spacial score (nSPS) is 44.1. The second-order valence-electron chi connectivity index (χ2n) is 9.55. The van der Waals surface area contributed by atoms with Crippen LogP contribution < -0.4 is 16.1 Å². The summed E-state index contributed by atoms with van der Waals surface area (Å²) in [5.41, 5.74) is 3.33. The third-order valence-electron chi connectivity index (χ3n) is 7.65. The van der Waals surface area contributed by atoms with Gasteiger partial charge in [0.05, 0.1) is 50.4 Å². The SMILES string of the molecule is OCC1CCC(CN2CCCC2C2NC(C3CCNC(N4CCOCC4)C3)NO2)O1. The number of hydroxylamine groups is 1. The van der Waals surface area contributed by atoms with Gasteiger partial charge in [0.2, 0.25) is 0 Å². The Kier molecular flexibility index (Phi) is 7.20. The lowest BCUT2D eigenvalue weighted by molar-refractivity contribution is -0.0438. The molecule has 5 aliphatic heterocycles. The van der Waals surface area contributed by atoms with E-state index in [0.717, 1.165) is 78.0 Å². The smallest absolute Gasteiger partial charge is 0.146 e. The lowest BCUT2D eigenvalue weighted by atomic mass is 9.92. The summed E-state index contributed by atoms with van der Waals surface area (Å²) in [6.45, 7) is 6.97. The van der Waals surface area contributed by atoms with Crippen LogP contribution in [0.3, 0.4) is 0 Å². The summed E-state index contributed by atoms with van der Waals surface area (Å²) >= 11 is 0. The molecule has 5 fully saturated rings. The van der Waals surface area contributed by atoms with E-state index >= 15 is 0 Å². The van der Waals surface area contributed by atoms with Crippen LogP contribution in [-0.2, 0) is 14.3 Å². The lowest BCUT2D eigenvalue weighted by Crippen LogP contribution is -2.57. The third kappa shape index (κ3) is 4.84. The maximum atomic E-state index is 9.33. The molecule has 0 aliphatic carbocycles. The number of hydrogen-bond acceptors (Lipinski definition) is 9. The molecular weight excluding hydrogens is 386 g/mol. The number of nitrogens with one attached hydrogen (secondary N) is 3. The highest BCUT2D eigenvalue weighted by atomic mass is 16.7. The molecule has 7 unspecified atom stereocenters. The molecule has 0 amide bonds. The fourth-order valence-corrected chi connectivity index (χ4v) is 5.94. The highest BCUT2D eigenvalue weighted by molar-refractivity contribution is 4.93. The van der Waals surface area contributed by atoms with Gasteiger partial charge < -0.3 is 19.9 Å². The largest absolute Gasteiger partial charge is 0.394 e. The minimum Gasteiger partial charge on any atom is -0.394 e. The molecule has 9 heteroatoms. The molecule has 0 aromatic rings. The Balaban J connectivity index is 1.12. The number of ether oxygens (including phenoxy) is 2. The minimum atomic E-state index is 0.0299. The van der Waals surface area contributed by atoms with Gasteiger partial charge in [-0.15, -0.1) is 0 Å². The number of likely N-dealkylation sites (tertiary alicyclic amines) is 1. The number of morpholine rings is 1. The number of aliphatic hydroxyl groups is 1. The number of hydrogen-bond donors (Lipinski definition) is 4. The zero-order valence-electron chi connectivity index (χ0n) is 18.0. The molecule has 9 nitrogen and oxygen atoms in total. The van der Waals surface area contributed by atoms with Gasteiger partial charge in [0.1, 0.15) is 6.23 Å². The zero-order chi connectivity index (χ0) is 20.3. The quantitative estimate of drug-likeness (QED) is 0.446. The van der Waals surface area contributed by atoms with Gasteiger partial charge in [-0.05, 0) is 57.5 Å². The van der Waals surface area contributed by atoms with E-state index in [9.17, 15) is 5.11 Å². The van der Waals surface area contributed by atoms with Crippen molar-refractivity contribution in [3.8, 4) is 0 Å². The van der Waals surface area contributed by atoms with Crippen LogP contribution in [0.15, 0.2) is 0 Å². The van der Waals surface area contributed by atoms with E-state index in [4.69, 9.17) is 14.3 Å². The highest BCUT2D eigenvalue weighted by Crippen LogP contribution is 2.29. The van der Waals surface area contributed by atoms with E-state index in [0.29, 0.717) is 18.1 Å². The number of rotatable bonds is 6. The molecule has 5 rings (SSSR count). The van der Waals surface area contributed by atoms with E-state index in [1.54, 1.807) is 0 Å². The standard InChI is InChI=1S/C21H39N5O4/c27-14-17-4-3-16(29-17)13-26-7-1-2-18(26)21-23-20(24-30-21)15-5-6-22-19(12-15)25-8-10-28-11-9-25/h15-24,27H,1-14H2. The van der Waals surface area contributed by atoms with Gasteiger partial charge in [-0.25, -0.2) is 0 Å². The van der Waals surface area contributed by atoms with Crippen LogP contribution in [0.4, 0.5) is 0 Å². The molecule has 5 heterocycles. The van der Waals surface area contributed by atoms with Crippen molar-refractivity contribution in [2.24, 2.45) is 5.92 Å². The Morgan fingerprint density at radius 1 is 1.00 bits per heavy atom. The van der Waals surface area contributed by atoms with Crippen LogP contribution in [0, 0.1) is 5.92 Å². The second-order valence-corrected chi connectivity index (χ2v) is 9.55. The summed E-state index contributed by atoms with van der Waals surface area (Å²) in [5.74, 6) is 0.558. The van der Waals surface area contributed by atoms with Crippen molar-refractivity contribution >= 4 is 0 Å². The van der Waals surface area contributed by atoms with Crippen molar-refractivity contribution in [1.82, 2.24) is 25.9 Å². The summed E-state index contributed by atoms with van der Waals surface area (Å²) in [5, 5.41) is 16.8. The van der Waals surface area contributed by atoms with Crippen LogP contribution in [0.1, 0.15) is 38.5 Å². The molecule has 0 bridgehead atoms. The molecule has 0 spiro atoms. The van der Waals surface area contributed by atoms with Gasteiger partial charge in [-0.2, -0.15) is 5.48 Å². The fourth-order valence-electron chi connectivity index (χ4n) is 5.94. The molecule has 0 saturated carbocycles. The molecule has 5 aliphatic rings. The maximum absolute atomic E-state index is 9.33. The van der Waals surface area contributed by atoms with Gasteiger partial charge in [0, 0.05) is 19.6 Å². The predicted octanol–water partition coefficient (Wildman–Crippen LogP) is -0.575. The van der Waals surface area contributed by atoms with Gasteiger partial charge in [0.25, 0.3) is 0 Å². The van der Waals surface area contributed by atoms with Crippen LogP contribution in [0.2, 0.25) is 0 Å². The molecule has 0 aromatic heterocycles. The fraction of sp³-hybridized carbons (Fsp3) is 1.00. The first-order valence-electron chi connectivity index (χ1n) is 12.0. The van der Waals surface area contributed by atoms with Crippen molar-refractivity contribution in [2.75, 3.05) is 52.5 Å². The average Bonchev–Trinajstić information content (AvgIpc) is 3.55. The van der Waals surface area contributed by atoms with E-state index in [2.05, 4.69) is 25.9 Å². The number of nitrogens with zero attached hydrogens (tertiary/aromatic N) is 2. The Bertz CT molecular complexity index is 551. The maximum Gasteiger partial charge on any atom is 0.146 e. The average molecular weight is 426 g/mol. The third-order valence-corrected chi connectivity index (χ3v) is 7.65. The van der Waals surface area contributed by atoms with E-state index in [1.807, 2.05) is 0 Å². The number of piperidine rings is 1. The molecule has 4 N–H and O–H groups in total. The number of aliphatic hydroxyl groups excluding tert-OH is 1. The molecule has 7 atom stereocenters. The summed E-state index contributed by atoms with van der Waals surface area (Å²) in [4.78, 5) is 11.1. The lowest BCUT2D eigenvalue weighted by Gasteiger charge is -2.41. The highest BCUT2D eigenvalue weighted by Gasteiger charge is 2.42. The first-order valence-corrected chi connectivity index (χ1v) is 12.0. The van der Waals surface area contributed by atoms with Gasteiger partial charge >= 0.3 is 0 Å². The Morgan fingerprint density at radius 3 is 2.70 bits per heavy atom. The van der Waals surface area contributed by atoms with Gasteiger partial charge in [-0.1, -0.05) is 0 Å². The predicted molar refractivity (Wildman–Crippen MR) is 111 cm³/mol. The first-order chi connectivity index (χ1) is 14.8. The van der Waals surface area contributed by atoms with Crippen LogP contribution in [-0.4, -0.2) is 104 Å². The Labute approximate surface area is 179 Å². The topological polar surface area (TPSA) is 90.5 Å². The molecular formula is C21H39N5O4. The van der Waals surface area contributed by atoms with E-state index < -0.39 is 0 Å². The molecule has 172 valence electrons. The summed E-state index contributed by atoms with van der Waals surface area (Å²) in [6.07, 6.45) is 7.64. The molecule has 0 radical (unpaired) electrons. The monoisotopic (exact) mass is 425 g/mol. The molecule has 0 aromatic carbocycles. The molecule has 5 saturated heterocycles. The first kappa shape index (κ1) is 21.5. The van der Waals surface area contributed by atoms with Crippen molar-refractivity contribution in [1.29, 1.82) is 0 Å². The van der Waals surface area contributed by atoms with Crippen molar-refractivity contribution in [2.45, 2.75) is 75.3 Å². The van der Waals surface area contributed by atoms with Crippen LogP contribution >= 0.6 is 0 Å². The summed E-state index contributed by atoms with van der Waals surface area (Å²) in [6, 6.07) is 0.385. The zero-order valence-corrected chi connectivity index (χ0v) is 18.0.